The highest BCUT2D eigenvalue weighted by molar-refractivity contribution is 6.04. The van der Waals surface area contributed by atoms with Crippen LogP contribution < -0.4 is 20.3 Å². The molecule has 2 aromatic carbocycles. The maximum Gasteiger partial charge on any atom is 0.287 e. The zero-order chi connectivity index (χ0) is 25.5. The minimum atomic E-state index is -0.939. The molecule has 8 nitrogen and oxygen atoms in total. The molecule has 1 aromatic heterocycles. The van der Waals surface area contributed by atoms with Gasteiger partial charge in [-0.15, -0.1) is 0 Å². The number of hydrogen-bond donors (Lipinski definition) is 2. The third kappa shape index (κ3) is 5.76. The summed E-state index contributed by atoms with van der Waals surface area (Å²) in [6.45, 7) is 1.58. The van der Waals surface area contributed by atoms with E-state index in [2.05, 4.69) is 10.6 Å². The fourth-order valence-corrected chi connectivity index (χ4v) is 4.54. The van der Waals surface area contributed by atoms with Crippen molar-refractivity contribution in [2.75, 3.05) is 18.6 Å². The van der Waals surface area contributed by atoms with Gasteiger partial charge in [-0.2, -0.15) is 0 Å². The van der Waals surface area contributed by atoms with Crippen LogP contribution in [0.5, 0.6) is 5.75 Å². The van der Waals surface area contributed by atoms with Crippen molar-refractivity contribution in [2.45, 2.75) is 44.7 Å². The summed E-state index contributed by atoms with van der Waals surface area (Å²) in [5.41, 5.74) is 2.06. The Morgan fingerprint density at radius 2 is 1.75 bits per heavy atom. The molecule has 0 radical (unpaired) electrons. The molecule has 8 heteroatoms. The van der Waals surface area contributed by atoms with Gasteiger partial charge in [0.25, 0.3) is 5.91 Å². The number of methoxy groups -OCH3 is 1. The number of ether oxygens (including phenoxy) is 1. The predicted molar refractivity (Wildman–Crippen MR) is 136 cm³/mol. The van der Waals surface area contributed by atoms with Gasteiger partial charge in [0.2, 0.25) is 11.8 Å². The van der Waals surface area contributed by atoms with Gasteiger partial charge in [-0.1, -0.05) is 43.2 Å². The highest BCUT2D eigenvalue weighted by atomic mass is 16.5. The molecule has 3 aromatic rings. The number of furan rings is 1. The molecule has 1 atom stereocenters. The number of amides is 3. The summed E-state index contributed by atoms with van der Waals surface area (Å²) in [7, 11) is 1.57. The van der Waals surface area contributed by atoms with Gasteiger partial charge in [0.1, 0.15) is 11.8 Å². The van der Waals surface area contributed by atoms with Crippen LogP contribution in [0.3, 0.4) is 0 Å². The Kier molecular flexibility index (Phi) is 8.05. The Morgan fingerprint density at radius 1 is 1.03 bits per heavy atom. The first-order valence-corrected chi connectivity index (χ1v) is 12.1. The fraction of sp³-hybridized carbons (Fsp3) is 0.321. The number of carbonyl (C=O) groups is 3. The van der Waals surface area contributed by atoms with Gasteiger partial charge in [-0.3, -0.25) is 19.3 Å². The summed E-state index contributed by atoms with van der Waals surface area (Å²) in [4.78, 5) is 41.4. The molecule has 1 saturated carbocycles. The fourth-order valence-electron chi connectivity index (χ4n) is 4.54. The third-order valence-corrected chi connectivity index (χ3v) is 6.43. The number of anilines is 1. The summed E-state index contributed by atoms with van der Waals surface area (Å²) >= 11 is 0. The number of benzene rings is 2. The van der Waals surface area contributed by atoms with Crippen LogP contribution in [0.15, 0.2) is 71.3 Å². The molecule has 2 N–H and O–H groups in total. The molecule has 188 valence electrons. The van der Waals surface area contributed by atoms with Gasteiger partial charge in [0.15, 0.2) is 5.76 Å². The lowest BCUT2D eigenvalue weighted by Gasteiger charge is -2.33. The number of nitrogens with one attached hydrogen (secondary N) is 2. The first kappa shape index (κ1) is 25.0. The molecular weight excluding hydrogens is 458 g/mol. The summed E-state index contributed by atoms with van der Waals surface area (Å²) in [5, 5.41) is 5.77. The van der Waals surface area contributed by atoms with E-state index in [9.17, 15) is 14.4 Å². The minimum Gasteiger partial charge on any atom is -0.497 e. The van der Waals surface area contributed by atoms with E-state index in [0.717, 1.165) is 31.2 Å². The summed E-state index contributed by atoms with van der Waals surface area (Å²) in [6.07, 6.45) is 5.36. The molecule has 1 aliphatic rings. The van der Waals surface area contributed by atoms with E-state index in [1.165, 1.54) is 17.2 Å². The third-order valence-electron chi connectivity index (χ3n) is 6.43. The zero-order valence-corrected chi connectivity index (χ0v) is 20.5. The standard InChI is InChI=1S/C28H31N3O5/c1-19-8-3-6-11-23(19)31(25(32)18-29-27(33)24-12-7-17-36-24)26(20-13-15-22(35-2)16-14-20)28(34)30-21-9-4-5-10-21/h3,6-8,11-17,21,26H,4-5,9-10,18H2,1-2H3,(H,29,33)(H,30,34)/t26-/m0/s1. The lowest BCUT2D eigenvalue weighted by Crippen LogP contribution is -2.49. The molecule has 4 rings (SSSR count). The highest BCUT2D eigenvalue weighted by Gasteiger charge is 2.35. The second kappa shape index (κ2) is 11.6. The Bertz CT molecular complexity index is 1180. The highest BCUT2D eigenvalue weighted by Crippen LogP contribution is 2.32. The lowest BCUT2D eigenvalue weighted by atomic mass is 10.0. The van der Waals surface area contributed by atoms with Gasteiger partial charge in [-0.25, -0.2) is 0 Å². The number of rotatable bonds is 9. The SMILES string of the molecule is COc1ccc([C@@H](C(=O)NC2CCCC2)N(C(=O)CNC(=O)c2ccco2)c2ccccc2C)cc1. The topological polar surface area (TPSA) is 101 Å². The van der Waals surface area contributed by atoms with E-state index in [-0.39, 0.29) is 24.3 Å². The molecule has 1 aliphatic carbocycles. The molecule has 0 unspecified atom stereocenters. The van der Waals surface area contributed by atoms with Crippen LogP contribution in [0.2, 0.25) is 0 Å². The van der Waals surface area contributed by atoms with Gasteiger partial charge in [0, 0.05) is 11.7 Å². The molecular formula is C28H31N3O5. The summed E-state index contributed by atoms with van der Waals surface area (Å²) in [5.74, 6) is -0.439. The van der Waals surface area contributed by atoms with Gasteiger partial charge in [0.05, 0.1) is 19.9 Å². The number of hydrogen-bond acceptors (Lipinski definition) is 5. The number of carbonyl (C=O) groups excluding carboxylic acids is 3. The summed E-state index contributed by atoms with van der Waals surface area (Å²) in [6, 6.07) is 16.8. The van der Waals surface area contributed by atoms with E-state index in [1.807, 2.05) is 25.1 Å². The second-order valence-electron chi connectivity index (χ2n) is 8.88. The molecule has 1 fully saturated rings. The predicted octanol–water partition coefficient (Wildman–Crippen LogP) is 4.16. The smallest absolute Gasteiger partial charge is 0.287 e. The minimum absolute atomic E-state index is 0.0747. The van der Waals surface area contributed by atoms with Crippen LogP contribution in [0.4, 0.5) is 5.69 Å². The monoisotopic (exact) mass is 489 g/mol. The Balaban J connectivity index is 1.70. The molecule has 0 aliphatic heterocycles. The molecule has 1 heterocycles. The average molecular weight is 490 g/mol. The average Bonchev–Trinajstić information content (AvgIpc) is 3.61. The molecule has 0 bridgehead atoms. The Labute approximate surface area is 210 Å². The van der Waals surface area contributed by atoms with Crippen LogP contribution >= 0.6 is 0 Å². The quantitative estimate of drug-likeness (QED) is 0.470. The van der Waals surface area contributed by atoms with Crippen molar-refractivity contribution in [3.63, 3.8) is 0 Å². The number of nitrogens with zero attached hydrogens (tertiary/aromatic N) is 1. The maximum absolute atomic E-state index is 13.8. The van der Waals surface area contributed by atoms with E-state index >= 15 is 0 Å². The van der Waals surface area contributed by atoms with Crippen LogP contribution in [0.25, 0.3) is 0 Å². The van der Waals surface area contributed by atoms with Crippen LogP contribution in [0.1, 0.15) is 53.4 Å². The molecule has 36 heavy (non-hydrogen) atoms. The Hall–Kier alpha value is -4.07. The van der Waals surface area contributed by atoms with Crippen molar-refractivity contribution in [1.29, 1.82) is 0 Å². The van der Waals surface area contributed by atoms with Gasteiger partial charge in [-0.05, 0) is 61.2 Å². The van der Waals surface area contributed by atoms with Crippen molar-refractivity contribution in [1.82, 2.24) is 10.6 Å². The van der Waals surface area contributed by atoms with Crippen molar-refractivity contribution < 1.29 is 23.5 Å². The van der Waals surface area contributed by atoms with Gasteiger partial charge < -0.3 is 19.8 Å². The molecule has 3 amide bonds. The van der Waals surface area contributed by atoms with Crippen LogP contribution in [-0.2, 0) is 9.59 Å². The van der Waals surface area contributed by atoms with Crippen LogP contribution in [0, 0.1) is 6.92 Å². The molecule has 0 spiro atoms. The lowest BCUT2D eigenvalue weighted by molar-refractivity contribution is -0.126. The second-order valence-corrected chi connectivity index (χ2v) is 8.88. The van der Waals surface area contributed by atoms with E-state index < -0.39 is 17.9 Å². The van der Waals surface area contributed by atoms with Crippen molar-refractivity contribution >= 4 is 23.4 Å². The van der Waals surface area contributed by atoms with Crippen LogP contribution in [-0.4, -0.2) is 37.4 Å². The first-order chi connectivity index (χ1) is 17.5. The van der Waals surface area contributed by atoms with E-state index in [1.54, 1.807) is 43.5 Å². The summed E-state index contributed by atoms with van der Waals surface area (Å²) < 4.78 is 10.4. The van der Waals surface area contributed by atoms with Crippen molar-refractivity contribution in [3.05, 3.63) is 83.8 Å². The maximum atomic E-state index is 13.8. The van der Waals surface area contributed by atoms with E-state index in [0.29, 0.717) is 17.0 Å². The van der Waals surface area contributed by atoms with Crippen molar-refractivity contribution in [3.8, 4) is 5.75 Å². The van der Waals surface area contributed by atoms with E-state index in [4.69, 9.17) is 9.15 Å². The van der Waals surface area contributed by atoms with Gasteiger partial charge >= 0.3 is 0 Å². The van der Waals surface area contributed by atoms with Crippen molar-refractivity contribution in [2.24, 2.45) is 0 Å². The number of para-hydroxylation sites is 1. The Morgan fingerprint density at radius 3 is 2.39 bits per heavy atom. The largest absolute Gasteiger partial charge is 0.497 e. The first-order valence-electron chi connectivity index (χ1n) is 12.1. The number of aryl methyl sites for hydroxylation is 1. The molecule has 0 saturated heterocycles. The zero-order valence-electron chi connectivity index (χ0n) is 20.5. The normalized spacial score (nSPS) is 14.2.